The summed E-state index contributed by atoms with van der Waals surface area (Å²) in [5.41, 5.74) is 0.345. The van der Waals surface area contributed by atoms with Gasteiger partial charge in [-0.2, -0.15) is 0 Å². The van der Waals surface area contributed by atoms with E-state index in [1.165, 1.54) is 44.9 Å². The maximum absolute atomic E-state index is 13.0. The minimum atomic E-state index is -0.539. The van der Waals surface area contributed by atoms with Gasteiger partial charge in [-0.3, -0.25) is 0 Å². The lowest BCUT2D eigenvalue weighted by molar-refractivity contribution is 0.0448. The Balaban J connectivity index is 2.62. The van der Waals surface area contributed by atoms with Gasteiger partial charge >= 0.3 is 11.9 Å². The van der Waals surface area contributed by atoms with E-state index in [1.807, 2.05) is 0 Å². The number of esters is 2. The number of carbonyl (C=O) groups is 2. The first kappa shape index (κ1) is 32.1. The van der Waals surface area contributed by atoms with Crippen LogP contribution in [0.2, 0.25) is 0 Å². The molecule has 0 radical (unpaired) electrons. The van der Waals surface area contributed by atoms with Gasteiger partial charge in [-0.25, -0.2) is 9.59 Å². The Labute approximate surface area is 239 Å². The highest BCUT2D eigenvalue weighted by Gasteiger charge is 2.29. The van der Waals surface area contributed by atoms with Crippen LogP contribution in [0.5, 0.6) is 0 Å². The molecule has 0 bridgehead atoms. The smallest absolute Gasteiger partial charge is 0.340 e. The highest BCUT2D eigenvalue weighted by Crippen LogP contribution is 2.42. The number of ether oxygens (including phenoxy) is 2. The summed E-state index contributed by atoms with van der Waals surface area (Å²) in [5, 5.41) is 0. The molecular weight excluding hydrogens is 696 g/mol. The van der Waals surface area contributed by atoms with Gasteiger partial charge in [0.15, 0.2) is 0 Å². The standard InChI is InChI=1S/C26H38Br4O4/c1-3-5-7-9-10-11-12-13-14-16-18-34-26(32)20-19(21(27)23(29)24(30)22(20)28)25(31)33-17-15-8-6-4-2/h3-18H2,1-2H3. The summed E-state index contributed by atoms with van der Waals surface area (Å²) in [5.74, 6) is -1.07. The van der Waals surface area contributed by atoms with Crippen molar-refractivity contribution in [3.8, 4) is 0 Å². The van der Waals surface area contributed by atoms with Crippen molar-refractivity contribution in [1.82, 2.24) is 0 Å². The molecule has 0 aromatic heterocycles. The number of hydrogen-bond donors (Lipinski definition) is 0. The summed E-state index contributed by atoms with van der Waals surface area (Å²) < 4.78 is 13.2. The second kappa shape index (κ2) is 19.2. The summed E-state index contributed by atoms with van der Waals surface area (Å²) in [6.07, 6.45) is 16.1. The predicted molar refractivity (Wildman–Crippen MR) is 154 cm³/mol. The average molecular weight is 734 g/mol. The largest absolute Gasteiger partial charge is 0.462 e. The second-order valence-electron chi connectivity index (χ2n) is 8.52. The van der Waals surface area contributed by atoms with Crippen LogP contribution in [0.25, 0.3) is 0 Å². The Morgan fingerprint density at radius 3 is 1.15 bits per heavy atom. The van der Waals surface area contributed by atoms with Crippen LogP contribution in [-0.4, -0.2) is 25.2 Å². The third-order valence-corrected chi connectivity index (χ3v) is 10.4. The van der Waals surface area contributed by atoms with Gasteiger partial charge in [-0.05, 0) is 76.6 Å². The molecule has 0 saturated heterocycles. The Hall–Kier alpha value is 0.0800. The van der Waals surface area contributed by atoms with Crippen LogP contribution in [0, 0.1) is 0 Å². The molecule has 194 valence electrons. The van der Waals surface area contributed by atoms with Gasteiger partial charge in [0.2, 0.25) is 0 Å². The van der Waals surface area contributed by atoms with Gasteiger partial charge in [0.05, 0.1) is 24.3 Å². The first-order chi connectivity index (χ1) is 16.4. The Bertz CT molecular complexity index is 768. The van der Waals surface area contributed by atoms with Crippen LogP contribution in [0.3, 0.4) is 0 Å². The lowest BCUT2D eigenvalue weighted by Crippen LogP contribution is -2.17. The lowest BCUT2D eigenvalue weighted by Gasteiger charge is -2.16. The highest BCUT2D eigenvalue weighted by atomic mass is 79.9. The van der Waals surface area contributed by atoms with E-state index < -0.39 is 11.9 Å². The normalized spacial score (nSPS) is 11.0. The van der Waals surface area contributed by atoms with E-state index in [0.29, 0.717) is 31.1 Å². The summed E-state index contributed by atoms with van der Waals surface area (Å²) >= 11 is 13.8. The Morgan fingerprint density at radius 2 is 0.794 bits per heavy atom. The molecule has 4 nitrogen and oxygen atoms in total. The zero-order chi connectivity index (χ0) is 25.3. The molecule has 34 heavy (non-hydrogen) atoms. The predicted octanol–water partition coefficient (Wildman–Crippen LogP) is 10.6. The molecule has 0 heterocycles. The quantitative estimate of drug-likeness (QED) is 0.0652. The van der Waals surface area contributed by atoms with E-state index in [9.17, 15) is 9.59 Å². The number of unbranched alkanes of at least 4 members (excludes halogenated alkanes) is 12. The minimum Gasteiger partial charge on any atom is -0.462 e. The molecule has 0 saturated carbocycles. The minimum absolute atomic E-state index is 0.172. The zero-order valence-electron chi connectivity index (χ0n) is 20.5. The summed E-state index contributed by atoms with van der Waals surface area (Å²) in [4.78, 5) is 25.8. The molecule has 0 spiro atoms. The number of carbonyl (C=O) groups excluding carboxylic acids is 2. The van der Waals surface area contributed by atoms with Crippen molar-refractivity contribution < 1.29 is 19.1 Å². The van der Waals surface area contributed by atoms with E-state index in [1.54, 1.807) is 0 Å². The number of benzene rings is 1. The Morgan fingerprint density at radius 1 is 0.500 bits per heavy atom. The van der Waals surface area contributed by atoms with Gasteiger partial charge < -0.3 is 9.47 Å². The molecule has 0 unspecified atom stereocenters. The maximum atomic E-state index is 13.0. The van der Waals surface area contributed by atoms with Crippen molar-refractivity contribution in [2.45, 2.75) is 104 Å². The maximum Gasteiger partial charge on any atom is 0.340 e. The van der Waals surface area contributed by atoms with E-state index >= 15 is 0 Å². The molecule has 0 fully saturated rings. The van der Waals surface area contributed by atoms with Gasteiger partial charge in [0, 0.05) is 17.9 Å². The third kappa shape index (κ3) is 11.4. The highest BCUT2D eigenvalue weighted by molar-refractivity contribution is 9.15. The van der Waals surface area contributed by atoms with Gasteiger partial charge in [-0.1, -0.05) is 90.9 Å². The second-order valence-corrected chi connectivity index (χ2v) is 11.7. The zero-order valence-corrected chi connectivity index (χ0v) is 26.8. The molecule has 0 aliphatic heterocycles. The van der Waals surface area contributed by atoms with Crippen molar-refractivity contribution in [2.24, 2.45) is 0 Å². The first-order valence-electron chi connectivity index (χ1n) is 12.6. The average Bonchev–Trinajstić information content (AvgIpc) is 2.82. The molecule has 0 atom stereocenters. The number of hydrogen-bond acceptors (Lipinski definition) is 4. The molecule has 0 aliphatic carbocycles. The van der Waals surface area contributed by atoms with Crippen molar-refractivity contribution in [1.29, 1.82) is 0 Å². The van der Waals surface area contributed by atoms with Gasteiger partial charge in [0.1, 0.15) is 0 Å². The van der Waals surface area contributed by atoms with E-state index in [-0.39, 0.29) is 11.1 Å². The molecule has 0 N–H and O–H groups in total. The van der Waals surface area contributed by atoms with E-state index in [2.05, 4.69) is 77.6 Å². The summed E-state index contributed by atoms with van der Waals surface area (Å²) in [6.45, 7) is 5.03. The van der Waals surface area contributed by atoms with Crippen LogP contribution < -0.4 is 0 Å². The topological polar surface area (TPSA) is 52.6 Å². The SMILES string of the molecule is CCCCCCCCCCCCOC(=O)c1c(Br)c(Br)c(Br)c(Br)c1C(=O)OCCCCCC. The van der Waals surface area contributed by atoms with Crippen molar-refractivity contribution in [3.63, 3.8) is 0 Å². The molecular formula is C26H38Br4O4. The lowest BCUT2D eigenvalue weighted by atomic mass is 10.1. The van der Waals surface area contributed by atoms with Crippen LogP contribution in [0.1, 0.15) is 124 Å². The van der Waals surface area contributed by atoms with Crippen LogP contribution in [-0.2, 0) is 9.47 Å². The first-order valence-corrected chi connectivity index (χ1v) is 15.7. The molecule has 1 rings (SSSR count). The van der Waals surface area contributed by atoms with E-state index in [0.717, 1.165) is 44.9 Å². The fourth-order valence-electron chi connectivity index (χ4n) is 3.61. The number of halogens is 4. The van der Waals surface area contributed by atoms with Crippen LogP contribution in [0.4, 0.5) is 0 Å². The van der Waals surface area contributed by atoms with Crippen molar-refractivity contribution in [3.05, 3.63) is 29.0 Å². The number of rotatable bonds is 18. The van der Waals surface area contributed by atoms with Crippen molar-refractivity contribution >= 4 is 75.7 Å². The Kier molecular flexibility index (Phi) is 18.2. The van der Waals surface area contributed by atoms with Crippen molar-refractivity contribution in [2.75, 3.05) is 13.2 Å². The molecule has 0 amide bonds. The van der Waals surface area contributed by atoms with Crippen LogP contribution in [0.15, 0.2) is 17.9 Å². The molecule has 1 aromatic rings. The van der Waals surface area contributed by atoms with Gasteiger partial charge in [-0.15, -0.1) is 0 Å². The summed E-state index contributed by atoms with van der Waals surface area (Å²) in [6, 6.07) is 0. The molecule has 0 aliphatic rings. The third-order valence-electron chi connectivity index (χ3n) is 5.64. The fraction of sp³-hybridized carbons (Fsp3) is 0.692. The monoisotopic (exact) mass is 730 g/mol. The molecule has 8 heteroatoms. The van der Waals surface area contributed by atoms with E-state index in [4.69, 9.17) is 9.47 Å². The van der Waals surface area contributed by atoms with Crippen LogP contribution >= 0.6 is 63.7 Å². The molecule has 1 aromatic carbocycles. The fourth-order valence-corrected chi connectivity index (χ4v) is 6.05. The van der Waals surface area contributed by atoms with Gasteiger partial charge in [0.25, 0.3) is 0 Å². The summed E-state index contributed by atoms with van der Waals surface area (Å²) in [7, 11) is 0.